The quantitative estimate of drug-likeness (QED) is 0.553. The number of esters is 1. The van der Waals surface area contributed by atoms with Crippen LogP contribution in [0.2, 0.25) is 0 Å². The molecule has 0 atom stereocenters. The summed E-state index contributed by atoms with van der Waals surface area (Å²) in [5.74, 6) is 0.894. The summed E-state index contributed by atoms with van der Waals surface area (Å²) in [7, 11) is 0. The molecule has 0 N–H and O–H groups in total. The Kier molecular flexibility index (Phi) is 5.25. The molecule has 0 bridgehead atoms. The second kappa shape index (κ2) is 7.77. The third-order valence-corrected chi connectivity index (χ3v) is 4.31. The van der Waals surface area contributed by atoms with Gasteiger partial charge in [-0.3, -0.25) is 0 Å². The van der Waals surface area contributed by atoms with Gasteiger partial charge in [-0.15, -0.1) is 0 Å². The molecule has 2 aromatic carbocycles. The van der Waals surface area contributed by atoms with Gasteiger partial charge in [-0.05, 0) is 37.0 Å². The van der Waals surface area contributed by atoms with E-state index in [4.69, 9.17) is 4.74 Å². The molecule has 0 radical (unpaired) electrons. The second-order valence-corrected chi connectivity index (χ2v) is 6.05. The molecule has 3 rings (SSSR count). The summed E-state index contributed by atoms with van der Waals surface area (Å²) in [5.41, 5.74) is 1.54. The minimum atomic E-state index is -0.295. The Labute approximate surface area is 137 Å². The Balaban J connectivity index is 1.83. The van der Waals surface area contributed by atoms with E-state index in [-0.39, 0.29) is 5.97 Å². The van der Waals surface area contributed by atoms with Gasteiger partial charge in [-0.1, -0.05) is 67.8 Å². The topological polar surface area (TPSA) is 26.3 Å². The van der Waals surface area contributed by atoms with Crippen molar-refractivity contribution in [3.63, 3.8) is 0 Å². The summed E-state index contributed by atoms with van der Waals surface area (Å²) in [5, 5.41) is 0. The largest absolute Gasteiger partial charge is 0.423 e. The van der Waals surface area contributed by atoms with E-state index >= 15 is 0 Å². The maximum absolute atomic E-state index is 12.4. The van der Waals surface area contributed by atoms with Crippen molar-refractivity contribution in [3.8, 4) is 0 Å². The first-order valence-corrected chi connectivity index (χ1v) is 8.37. The van der Waals surface area contributed by atoms with Crippen molar-refractivity contribution in [1.82, 2.24) is 0 Å². The van der Waals surface area contributed by atoms with Gasteiger partial charge in [0.15, 0.2) is 0 Å². The van der Waals surface area contributed by atoms with Crippen LogP contribution in [0, 0.1) is 5.92 Å². The Bertz CT molecular complexity index is 653. The lowest BCUT2D eigenvalue weighted by Gasteiger charge is -2.20. The maximum atomic E-state index is 12.4. The molecular formula is C21H22O2. The monoisotopic (exact) mass is 306 g/mol. The van der Waals surface area contributed by atoms with Crippen LogP contribution >= 0.6 is 0 Å². The van der Waals surface area contributed by atoms with Gasteiger partial charge in [0, 0.05) is 5.56 Å². The highest BCUT2D eigenvalue weighted by Gasteiger charge is 2.16. The predicted octanol–water partition coefficient (Wildman–Crippen LogP) is 5.46. The van der Waals surface area contributed by atoms with Gasteiger partial charge in [0.1, 0.15) is 5.76 Å². The molecule has 1 saturated carbocycles. The first-order chi connectivity index (χ1) is 11.3. The lowest BCUT2D eigenvalue weighted by atomic mass is 9.88. The van der Waals surface area contributed by atoms with Crippen LogP contribution in [-0.4, -0.2) is 5.97 Å². The van der Waals surface area contributed by atoms with Crippen LogP contribution in [-0.2, 0) is 4.74 Å². The third kappa shape index (κ3) is 4.32. The lowest BCUT2D eigenvalue weighted by Crippen LogP contribution is -2.08. The van der Waals surface area contributed by atoms with Crippen molar-refractivity contribution < 1.29 is 9.53 Å². The summed E-state index contributed by atoms with van der Waals surface area (Å²) in [6.07, 6.45) is 8.34. The average Bonchev–Trinajstić information content (AvgIpc) is 2.63. The summed E-state index contributed by atoms with van der Waals surface area (Å²) in [6.45, 7) is 0. The number of ether oxygens (including phenoxy) is 1. The van der Waals surface area contributed by atoms with Gasteiger partial charge in [-0.25, -0.2) is 4.79 Å². The molecule has 1 fully saturated rings. The van der Waals surface area contributed by atoms with E-state index in [1.54, 1.807) is 12.1 Å². The molecule has 0 heterocycles. The van der Waals surface area contributed by atoms with Crippen LogP contribution in [0.5, 0.6) is 0 Å². The number of benzene rings is 2. The number of hydrogen-bond acceptors (Lipinski definition) is 2. The molecule has 2 nitrogen and oxygen atoms in total. The van der Waals surface area contributed by atoms with Gasteiger partial charge in [0.05, 0.1) is 5.56 Å². The molecule has 0 unspecified atom stereocenters. The zero-order chi connectivity index (χ0) is 15.9. The van der Waals surface area contributed by atoms with E-state index < -0.39 is 0 Å². The number of rotatable bonds is 4. The second-order valence-electron chi connectivity index (χ2n) is 6.05. The molecule has 0 aromatic heterocycles. The SMILES string of the molecule is O=C(O/C(=C/C1CCCCC1)c1ccccc1)c1ccccc1. The highest BCUT2D eigenvalue weighted by molar-refractivity contribution is 5.93. The molecule has 1 aliphatic rings. The first kappa shape index (κ1) is 15.5. The fourth-order valence-corrected chi connectivity index (χ4v) is 3.04. The molecule has 0 aliphatic heterocycles. The molecule has 2 aromatic rings. The van der Waals surface area contributed by atoms with Crippen molar-refractivity contribution in [2.75, 3.05) is 0 Å². The van der Waals surface area contributed by atoms with Crippen LogP contribution in [0.25, 0.3) is 5.76 Å². The fourth-order valence-electron chi connectivity index (χ4n) is 3.04. The van der Waals surface area contributed by atoms with Gasteiger partial charge in [0.2, 0.25) is 0 Å². The summed E-state index contributed by atoms with van der Waals surface area (Å²) in [4.78, 5) is 12.4. The smallest absolute Gasteiger partial charge is 0.343 e. The van der Waals surface area contributed by atoms with Crippen LogP contribution in [0.1, 0.15) is 48.0 Å². The zero-order valence-corrected chi connectivity index (χ0v) is 13.3. The number of carbonyl (C=O) groups is 1. The minimum Gasteiger partial charge on any atom is -0.423 e. The predicted molar refractivity (Wildman–Crippen MR) is 92.9 cm³/mol. The highest BCUT2D eigenvalue weighted by atomic mass is 16.5. The van der Waals surface area contributed by atoms with Crippen LogP contribution in [0.4, 0.5) is 0 Å². The summed E-state index contributed by atoms with van der Waals surface area (Å²) >= 11 is 0. The standard InChI is InChI=1S/C21H22O2/c22-21(19-14-8-3-9-15-19)23-20(18-12-6-2-7-13-18)16-17-10-4-1-5-11-17/h2-3,6-9,12-17H,1,4-5,10-11H2/b20-16+. The molecule has 1 aliphatic carbocycles. The van der Waals surface area contributed by atoms with Gasteiger partial charge in [0.25, 0.3) is 0 Å². The van der Waals surface area contributed by atoms with E-state index in [0.717, 1.165) is 5.56 Å². The molecule has 118 valence electrons. The van der Waals surface area contributed by atoms with E-state index in [1.807, 2.05) is 48.5 Å². The zero-order valence-electron chi connectivity index (χ0n) is 13.3. The normalized spacial score (nSPS) is 16.1. The van der Waals surface area contributed by atoms with Crippen molar-refractivity contribution >= 4 is 11.7 Å². The van der Waals surface area contributed by atoms with Crippen molar-refractivity contribution in [2.45, 2.75) is 32.1 Å². The lowest BCUT2D eigenvalue weighted by molar-refractivity contribution is 0.0690. The van der Waals surface area contributed by atoms with Crippen LogP contribution in [0.3, 0.4) is 0 Å². The summed E-state index contributed by atoms with van der Waals surface area (Å²) < 4.78 is 5.75. The fraction of sp³-hybridized carbons (Fsp3) is 0.286. The molecule has 0 amide bonds. The Morgan fingerprint density at radius 1 is 0.826 bits per heavy atom. The van der Waals surface area contributed by atoms with Crippen molar-refractivity contribution in [2.24, 2.45) is 5.92 Å². The van der Waals surface area contributed by atoms with E-state index in [9.17, 15) is 4.79 Å². The Hall–Kier alpha value is -2.35. The highest BCUT2D eigenvalue weighted by Crippen LogP contribution is 2.29. The Morgan fingerprint density at radius 3 is 2.00 bits per heavy atom. The first-order valence-electron chi connectivity index (χ1n) is 8.37. The maximum Gasteiger partial charge on any atom is 0.343 e. The van der Waals surface area contributed by atoms with Gasteiger partial charge >= 0.3 is 5.97 Å². The van der Waals surface area contributed by atoms with Crippen LogP contribution < -0.4 is 0 Å². The average molecular weight is 306 g/mol. The molecule has 23 heavy (non-hydrogen) atoms. The molecular weight excluding hydrogens is 284 g/mol. The van der Waals surface area contributed by atoms with Crippen molar-refractivity contribution in [1.29, 1.82) is 0 Å². The van der Waals surface area contributed by atoms with Crippen molar-refractivity contribution in [3.05, 3.63) is 77.9 Å². The van der Waals surface area contributed by atoms with E-state index in [0.29, 0.717) is 17.2 Å². The van der Waals surface area contributed by atoms with Gasteiger partial charge in [-0.2, -0.15) is 0 Å². The summed E-state index contributed by atoms with van der Waals surface area (Å²) in [6, 6.07) is 19.1. The number of allylic oxidation sites excluding steroid dienone is 1. The van der Waals surface area contributed by atoms with E-state index in [1.165, 1.54) is 32.1 Å². The molecule has 0 saturated heterocycles. The number of hydrogen-bond donors (Lipinski definition) is 0. The Morgan fingerprint density at radius 2 is 1.39 bits per heavy atom. The number of carbonyl (C=O) groups excluding carboxylic acids is 1. The van der Waals surface area contributed by atoms with Crippen LogP contribution in [0.15, 0.2) is 66.7 Å². The molecule has 0 spiro atoms. The minimum absolute atomic E-state index is 0.295. The third-order valence-electron chi connectivity index (χ3n) is 4.31. The van der Waals surface area contributed by atoms with Gasteiger partial charge < -0.3 is 4.74 Å². The molecule has 2 heteroatoms. The van der Waals surface area contributed by atoms with E-state index in [2.05, 4.69) is 6.08 Å².